The summed E-state index contributed by atoms with van der Waals surface area (Å²) in [4.78, 5) is 0. The third-order valence-corrected chi connectivity index (χ3v) is 3.25. The molecule has 1 saturated heterocycles. The third-order valence-electron chi connectivity index (χ3n) is 2.89. The summed E-state index contributed by atoms with van der Waals surface area (Å²) in [6.45, 7) is 3.47. The zero-order valence-corrected chi connectivity index (χ0v) is 9.23. The maximum Gasteiger partial charge on any atom is 0.114 e. The van der Waals surface area contributed by atoms with Crippen LogP contribution in [-0.4, -0.2) is 36.7 Å². The molecular weight excluding hydrogens is 187 g/mol. The van der Waals surface area contributed by atoms with E-state index in [4.69, 9.17) is 0 Å². The summed E-state index contributed by atoms with van der Waals surface area (Å²) >= 11 is 4.20. The van der Waals surface area contributed by atoms with Gasteiger partial charge in [0.15, 0.2) is 0 Å². The molecule has 0 amide bonds. The van der Waals surface area contributed by atoms with Crippen LogP contribution in [0.2, 0.25) is 0 Å². The molecule has 1 aliphatic rings. The molecule has 0 radical (unpaired) electrons. The Morgan fingerprint density at radius 2 is 2.31 bits per heavy atom. The SMILES string of the molecule is CNC(C)C1CCN(S)CC(F)C1. The first-order valence-electron chi connectivity index (χ1n) is 4.88. The minimum atomic E-state index is -0.721. The fourth-order valence-corrected chi connectivity index (χ4v) is 2.14. The van der Waals surface area contributed by atoms with Gasteiger partial charge in [-0.3, -0.25) is 4.31 Å². The molecule has 0 spiro atoms. The van der Waals surface area contributed by atoms with Crippen LogP contribution in [0.1, 0.15) is 19.8 Å². The van der Waals surface area contributed by atoms with E-state index in [9.17, 15) is 4.39 Å². The second kappa shape index (κ2) is 5.17. The van der Waals surface area contributed by atoms with Crippen LogP contribution >= 0.6 is 12.8 Å². The summed E-state index contributed by atoms with van der Waals surface area (Å²) in [6, 6.07) is 0.401. The molecule has 2 nitrogen and oxygen atoms in total. The Bertz CT molecular complexity index is 157. The van der Waals surface area contributed by atoms with Crippen molar-refractivity contribution in [2.75, 3.05) is 20.1 Å². The maximum absolute atomic E-state index is 13.3. The van der Waals surface area contributed by atoms with Crippen LogP contribution in [0, 0.1) is 5.92 Å². The van der Waals surface area contributed by atoms with E-state index in [1.807, 2.05) is 7.05 Å². The Morgan fingerprint density at radius 3 is 2.92 bits per heavy atom. The highest BCUT2D eigenvalue weighted by molar-refractivity contribution is 7.77. The van der Waals surface area contributed by atoms with Crippen LogP contribution < -0.4 is 5.32 Å². The lowest BCUT2D eigenvalue weighted by molar-refractivity contribution is 0.245. The van der Waals surface area contributed by atoms with Gasteiger partial charge in [0.05, 0.1) is 0 Å². The minimum Gasteiger partial charge on any atom is -0.317 e. The van der Waals surface area contributed by atoms with Gasteiger partial charge in [0.2, 0.25) is 0 Å². The van der Waals surface area contributed by atoms with E-state index < -0.39 is 6.17 Å². The number of hydrogen-bond acceptors (Lipinski definition) is 3. The molecule has 78 valence electrons. The molecule has 0 aromatic rings. The number of thiol groups is 1. The molecule has 3 atom stereocenters. The van der Waals surface area contributed by atoms with Crippen LogP contribution in [-0.2, 0) is 0 Å². The smallest absolute Gasteiger partial charge is 0.114 e. The van der Waals surface area contributed by atoms with E-state index in [-0.39, 0.29) is 0 Å². The van der Waals surface area contributed by atoms with Gasteiger partial charge in [-0.2, -0.15) is 0 Å². The van der Waals surface area contributed by atoms with Crippen molar-refractivity contribution in [3.05, 3.63) is 0 Å². The fourth-order valence-electron chi connectivity index (χ4n) is 1.85. The van der Waals surface area contributed by atoms with Crippen molar-refractivity contribution < 1.29 is 4.39 Å². The van der Waals surface area contributed by atoms with Gasteiger partial charge in [-0.15, -0.1) is 0 Å². The molecule has 1 heterocycles. The van der Waals surface area contributed by atoms with Gasteiger partial charge in [-0.25, -0.2) is 4.39 Å². The highest BCUT2D eigenvalue weighted by Crippen LogP contribution is 2.23. The average molecular weight is 206 g/mol. The quantitative estimate of drug-likeness (QED) is 0.666. The molecule has 1 fully saturated rings. The van der Waals surface area contributed by atoms with Crippen molar-refractivity contribution in [3.8, 4) is 0 Å². The largest absolute Gasteiger partial charge is 0.317 e. The maximum atomic E-state index is 13.3. The molecule has 1 rings (SSSR count). The number of alkyl halides is 1. The van der Waals surface area contributed by atoms with Crippen LogP contribution in [0.25, 0.3) is 0 Å². The Morgan fingerprint density at radius 1 is 1.62 bits per heavy atom. The predicted octanol–water partition coefficient (Wildman–Crippen LogP) is 1.49. The van der Waals surface area contributed by atoms with Gasteiger partial charge >= 0.3 is 0 Å². The standard InChI is InChI=1S/C9H19FN2S/c1-7(11-2)8-3-4-12(13)6-9(10)5-8/h7-9,11,13H,3-6H2,1-2H3. The van der Waals surface area contributed by atoms with E-state index in [2.05, 4.69) is 25.1 Å². The molecule has 13 heavy (non-hydrogen) atoms. The molecule has 1 aliphatic heterocycles. The van der Waals surface area contributed by atoms with Crippen molar-refractivity contribution in [2.24, 2.45) is 5.92 Å². The van der Waals surface area contributed by atoms with Crippen molar-refractivity contribution in [1.82, 2.24) is 9.62 Å². The number of halogens is 1. The van der Waals surface area contributed by atoms with Gasteiger partial charge in [0.1, 0.15) is 6.17 Å². The topological polar surface area (TPSA) is 15.3 Å². The van der Waals surface area contributed by atoms with Gasteiger partial charge in [-0.1, -0.05) is 12.8 Å². The highest BCUT2D eigenvalue weighted by Gasteiger charge is 2.25. The van der Waals surface area contributed by atoms with Crippen molar-refractivity contribution in [1.29, 1.82) is 0 Å². The lowest BCUT2D eigenvalue weighted by Gasteiger charge is -2.22. The van der Waals surface area contributed by atoms with E-state index in [1.54, 1.807) is 4.31 Å². The zero-order chi connectivity index (χ0) is 9.84. The predicted molar refractivity (Wildman–Crippen MR) is 56.7 cm³/mol. The lowest BCUT2D eigenvalue weighted by atomic mass is 9.93. The van der Waals surface area contributed by atoms with E-state index >= 15 is 0 Å². The molecule has 0 aromatic carbocycles. The molecule has 3 unspecified atom stereocenters. The Hall–Kier alpha value is 0.200. The zero-order valence-electron chi connectivity index (χ0n) is 8.33. The second-order valence-electron chi connectivity index (χ2n) is 3.87. The summed E-state index contributed by atoms with van der Waals surface area (Å²) < 4.78 is 15.1. The monoisotopic (exact) mass is 206 g/mol. The highest BCUT2D eigenvalue weighted by atomic mass is 32.1. The lowest BCUT2D eigenvalue weighted by Crippen LogP contribution is -2.32. The molecular formula is C9H19FN2S. The number of nitrogens with zero attached hydrogens (tertiary/aromatic N) is 1. The first kappa shape index (κ1) is 11.3. The second-order valence-corrected chi connectivity index (χ2v) is 4.44. The van der Waals surface area contributed by atoms with Crippen LogP contribution in [0.5, 0.6) is 0 Å². The number of nitrogens with one attached hydrogen (secondary N) is 1. The summed E-state index contributed by atoms with van der Waals surface area (Å²) in [5.74, 6) is 0.442. The van der Waals surface area contributed by atoms with E-state index in [0.717, 1.165) is 13.0 Å². The van der Waals surface area contributed by atoms with E-state index in [1.165, 1.54) is 0 Å². The van der Waals surface area contributed by atoms with Crippen molar-refractivity contribution >= 4 is 12.8 Å². The van der Waals surface area contributed by atoms with Crippen LogP contribution in [0.3, 0.4) is 0 Å². The number of rotatable bonds is 2. The molecule has 4 heteroatoms. The Kier molecular flexibility index (Phi) is 4.49. The van der Waals surface area contributed by atoms with Crippen LogP contribution in [0.15, 0.2) is 0 Å². The summed E-state index contributed by atoms with van der Waals surface area (Å²) in [5.41, 5.74) is 0. The molecule has 0 aliphatic carbocycles. The summed E-state index contributed by atoms with van der Waals surface area (Å²) in [5, 5.41) is 3.19. The third kappa shape index (κ3) is 3.44. The van der Waals surface area contributed by atoms with Gasteiger partial charge in [0, 0.05) is 19.1 Å². The number of hydrogen-bond donors (Lipinski definition) is 2. The molecule has 0 aromatic heterocycles. The normalized spacial score (nSPS) is 34.2. The first-order chi connectivity index (χ1) is 6.13. The Labute approximate surface area is 85.4 Å². The molecule has 0 bridgehead atoms. The van der Waals surface area contributed by atoms with E-state index in [0.29, 0.717) is 24.9 Å². The summed E-state index contributed by atoms with van der Waals surface area (Å²) in [6.07, 6.45) is 0.978. The van der Waals surface area contributed by atoms with Gasteiger partial charge < -0.3 is 5.32 Å². The van der Waals surface area contributed by atoms with Crippen molar-refractivity contribution in [3.63, 3.8) is 0 Å². The fraction of sp³-hybridized carbons (Fsp3) is 1.00. The van der Waals surface area contributed by atoms with Crippen molar-refractivity contribution in [2.45, 2.75) is 32.0 Å². The average Bonchev–Trinajstić information content (AvgIpc) is 2.25. The minimum absolute atomic E-state index is 0.401. The summed E-state index contributed by atoms with van der Waals surface area (Å²) in [7, 11) is 1.93. The van der Waals surface area contributed by atoms with Gasteiger partial charge in [-0.05, 0) is 32.7 Å². The molecule has 1 N–H and O–H groups in total. The first-order valence-corrected chi connectivity index (χ1v) is 5.28. The van der Waals surface area contributed by atoms with Gasteiger partial charge in [0.25, 0.3) is 0 Å². The molecule has 0 saturated carbocycles. The Balaban J connectivity index is 2.47. The van der Waals surface area contributed by atoms with Crippen LogP contribution in [0.4, 0.5) is 4.39 Å².